The molecule has 108 valence electrons. The van der Waals surface area contributed by atoms with Crippen LogP contribution in [0, 0.1) is 0 Å². The first kappa shape index (κ1) is 15.3. The van der Waals surface area contributed by atoms with Crippen molar-refractivity contribution in [1.29, 1.82) is 0 Å². The second kappa shape index (κ2) is 7.04. The number of ether oxygens (including phenoxy) is 1. The van der Waals surface area contributed by atoms with Gasteiger partial charge in [0.1, 0.15) is 6.61 Å². The van der Waals surface area contributed by atoms with Crippen molar-refractivity contribution in [1.82, 2.24) is 0 Å². The van der Waals surface area contributed by atoms with Gasteiger partial charge in [-0.05, 0) is 35.4 Å². The maximum atomic E-state index is 12.0. The number of carbonyl (C=O) groups excluding carboxylic acids is 1. The van der Waals surface area contributed by atoms with Crippen molar-refractivity contribution in [2.45, 2.75) is 11.9 Å². The predicted octanol–water partition coefficient (Wildman–Crippen LogP) is 3.64. The van der Waals surface area contributed by atoms with Crippen LogP contribution in [-0.2, 0) is 16.7 Å². The number of hydrogen-bond donors (Lipinski definition) is 1. The van der Waals surface area contributed by atoms with E-state index in [1.165, 1.54) is 12.1 Å². The zero-order valence-corrected chi connectivity index (χ0v) is 12.7. The zero-order valence-electron chi connectivity index (χ0n) is 11.1. The van der Waals surface area contributed by atoms with Crippen LogP contribution in [0.4, 0.5) is 0 Å². The average Bonchev–Trinajstić information content (AvgIpc) is 2.53. The normalized spacial score (nSPS) is 10.1. The Morgan fingerprint density at radius 3 is 2.29 bits per heavy atom. The molecule has 2 aromatic rings. The predicted molar refractivity (Wildman–Crippen MR) is 81.6 cm³/mol. The van der Waals surface area contributed by atoms with Crippen molar-refractivity contribution in [2.24, 2.45) is 0 Å². The largest absolute Gasteiger partial charge is 0.478 e. The lowest BCUT2D eigenvalue weighted by Gasteiger charge is -2.06. The molecule has 2 rings (SSSR count). The SMILES string of the molecule is O=C(O)c1cccc(COC(=O)c2cccc(CBr)c2)c1. The molecule has 0 bridgehead atoms. The molecule has 5 heteroatoms. The second-order valence-corrected chi connectivity index (χ2v) is 4.98. The second-order valence-electron chi connectivity index (χ2n) is 4.42. The number of carboxylic acids is 1. The van der Waals surface area contributed by atoms with Gasteiger partial charge in [-0.1, -0.05) is 40.2 Å². The van der Waals surface area contributed by atoms with Crippen LogP contribution in [0.25, 0.3) is 0 Å². The van der Waals surface area contributed by atoms with E-state index in [1.54, 1.807) is 30.3 Å². The highest BCUT2D eigenvalue weighted by Crippen LogP contribution is 2.12. The molecule has 0 unspecified atom stereocenters. The Labute approximate surface area is 130 Å². The molecule has 0 aliphatic heterocycles. The highest BCUT2D eigenvalue weighted by Gasteiger charge is 2.09. The first-order valence-corrected chi connectivity index (χ1v) is 7.36. The van der Waals surface area contributed by atoms with E-state index >= 15 is 0 Å². The quantitative estimate of drug-likeness (QED) is 0.661. The Bertz CT molecular complexity index is 667. The molecule has 0 aromatic heterocycles. The molecule has 0 aliphatic rings. The van der Waals surface area contributed by atoms with Gasteiger partial charge in [0.05, 0.1) is 11.1 Å². The summed E-state index contributed by atoms with van der Waals surface area (Å²) in [6.07, 6.45) is 0. The molecule has 1 N–H and O–H groups in total. The molecular weight excluding hydrogens is 336 g/mol. The monoisotopic (exact) mass is 348 g/mol. The Morgan fingerprint density at radius 1 is 1.00 bits per heavy atom. The summed E-state index contributed by atoms with van der Waals surface area (Å²) in [7, 11) is 0. The lowest BCUT2D eigenvalue weighted by molar-refractivity contribution is 0.0472. The van der Waals surface area contributed by atoms with Crippen molar-refractivity contribution < 1.29 is 19.4 Å². The van der Waals surface area contributed by atoms with Crippen molar-refractivity contribution in [2.75, 3.05) is 0 Å². The number of aromatic carboxylic acids is 1. The summed E-state index contributed by atoms with van der Waals surface area (Å²) in [4.78, 5) is 22.8. The van der Waals surface area contributed by atoms with E-state index in [9.17, 15) is 9.59 Å². The summed E-state index contributed by atoms with van der Waals surface area (Å²) in [5.74, 6) is -1.44. The minimum Gasteiger partial charge on any atom is -0.478 e. The zero-order chi connectivity index (χ0) is 15.2. The van der Waals surface area contributed by atoms with Crippen LogP contribution >= 0.6 is 15.9 Å². The summed E-state index contributed by atoms with van der Waals surface area (Å²) in [5, 5.41) is 9.57. The summed E-state index contributed by atoms with van der Waals surface area (Å²) in [6.45, 7) is 0.0402. The molecule has 0 heterocycles. The molecule has 0 aliphatic carbocycles. The Hall–Kier alpha value is -2.14. The van der Waals surface area contributed by atoms with Gasteiger partial charge in [0, 0.05) is 5.33 Å². The van der Waals surface area contributed by atoms with E-state index < -0.39 is 11.9 Å². The minimum atomic E-state index is -1.01. The fraction of sp³-hybridized carbons (Fsp3) is 0.125. The maximum absolute atomic E-state index is 12.0. The number of benzene rings is 2. The third-order valence-corrected chi connectivity index (χ3v) is 3.51. The standard InChI is InChI=1S/C16H13BrO4/c17-9-11-3-1-6-14(7-11)16(20)21-10-12-4-2-5-13(8-12)15(18)19/h1-8H,9-10H2,(H,18,19). The fourth-order valence-electron chi connectivity index (χ4n) is 1.81. The summed E-state index contributed by atoms with van der Waals surface area (Å²) >= 11 is 3.33. The van der Waals surface area contributed by atoms with Crippen molar-refractivity contribution in [3.05, 3.63) is 70.8 Å². The number of carboxylic acid groups (broad SMARTS) is 1. The molecule has 0 spiro atoms. The van der Waals surface area contributed by atoms with E-state index in [0.717, 1.165) is 5.56 Å². The van der Waals surface area contributed by atoms with Crippen molar-refractivity contribution in [3.63, 3.8) is 0 Å². The number of carbonyl (C=O) groups is 2. The van der Waals surface area contributed by atoms with Crippen LogP contribution in [-0.4, -0.2) is 17.0 Å². The van der Waals surface area contributed by atoms with E-state index in [2.05, 4.69) is 15.9 Å². The van der Waals surface area contributed by atoms with Crippen LogP contribution in [0.3, 0.4) is 0 Å². The molecule has 0 fully saturated rings. The highest BCUT2D eigenvalue weighted by atomic mass is 79.9. The molecule has 0 amide bonds. The van der Waals surface area contributed by atoms with Gasteiger partial charge in [-0.2, -0.15) is 0 Å². The molecule has 21 heavy (non-hydrogen) atoms. The smallest absolute Gasteiger partial charge is 0.338 e. The van der Waals surface area contributed by atoms with Gasteiger partial charge in [0.25, 0.3) is 0 Å². The average molecular weight is 349 g/mol. The van der Waals surface area contributed by atoms with Gasteiger partial charge < -0.3 is 9.84 Å². The first-order valence-electron chi connectivity index (χ1n) is 6.24. The molecule has 0 atom stereocenters. The van der Waals surface area contributed by atoms with Crippen LogP contribution in [0.15, 0.2) is 48.5 Å². The lowest BCUT2D eigenvalue weighted by atomic mass is 10.1. The van der Waals surface area contributed by atoms with Gasteiger partial charge in [-0.15, -0.1) is 0 Å². The van der Waals surface area contributed by atoms with E-state index in [0.29, 0.717) is 16.5 Å². The van der Waals surface area contributed by atoms with Gasteiger partial charge >= 0.3 is 11.9 Å². The van der Waals surface area contributed by atoms with Crippen molar-refractivity contribution >= 4 is 27.9 Å². The molecule has 0 radical (unpaired) electrons. The summed E-state index contributed by atoms with van der Waals surface area (Å²) in [6, 6.07) is 13.5. The van der Waals surface area contributed by atoms with Crippen molar-refractivity contribution in [3.8, 4) is 0 Å². The summed E-state index contributed by atoms with van der Waals surface area (Å²) in [5.41, 5.74) is 2.27. The molecule has 4 nitrogen and oxygen atoms in total. The van der Waals surface area contributed by atoms with E-state index in [1.807, 2.05) is 6.07 Å². The highest BCUT2D eigenvalue weighted by molar-refractivity contribution is 9.08. The van der Waals surface area contributed by atoms with Crippen LogP contribution in [0.2, 0.25) is 0 Å². The number of alkyl halides is 1. The topological polar surface area (TPSA) is 63.6 Å². The molecule has 0 saturated heterocycles. The molecule has 2 aromatic carbocycles. The number of esters is 1. The lowest BCUT2D eigenvalue weighted by Crippen LogP contribution is -2.06. The third kappa shape index (κ3) is 4.16. The third-order valence-electron chi connectivity index (χ3n) is 2.86. The number of hydrogen-bond acceptors (Lipinski definition) is 3. The van der Waals surface area contributed by atoms with E-state index in [-0.39, 0.29) is 12.2 Å². The van der Waals surface area contributed by atoms with Crippen LogP contribution < -0.4 is 0 Å². The Kier molecular flexibility index (Phi) is 5.11. The molecule has 0 saturated carbocycles. The number of rotatable bonds is 5. The van der Waals surface area contributed by atoms with Crippen LogP contribution in [0.5, 0.6) is 0 Å². The van der Waals surface area contributed by atoms with E-state index in [4.69, 9.17) is 9.84 Å². The Morgan fingerprint density at radius 2 is 1.62 bits per heavy atom. The Balaban J connectivity index is 2.03. The van der Waals surface area contributed by atoms with Gasteiger partial charge in [0.2, 0.25) is 0 Å². The first-order chi connectivity index (χ1) is 10.1. The van der Waals surface area contributed by atoms with Crippen LogP contribution in [0.1, 0.15) is 31.8 Å². The fourth-order valence-corrected chi connectivity index (χ4v) is 2.16. The number of halogens is 1. The maximum Gasteiger partial charge on any atom is 0.338 e. The van der Waals surface area contributed by atoms with Gasteiger partial charge in [0.15, 0.2) is 0 Å². The molecular formula is C16H13BrO4. The summed E-state index contributed by atoms with van der Waals surface area (Å²) < 4.78 is 5.20. The van der Waals surface area contributed by atoms with Gasteiger partial charge in [-0.25, -0.2) is 9.59 Å². The minimum absolute atomic E-state index is 0.0402. The van der Waals surface area contributed by atoms with Gasteiger partial charge in [-0.3, -0.25) is 0 Å².